The second-order valence-corrected chi connectivity index (χ2v) is 6.48. The summed E-state index contributed by atoms with van der Waals surface area (Å²) in [6, 6.07) is 7.97. The maximum Gasteiger partial charge on any atom is 0.346 e. The van der Waals surface area contributed by atoms with Gasteiger partial charge in [-0.3, -0.25) is 14.2 Å². The third kappa shape index (κ3) is 3.68. The summed E-state index contributed by atoms with van der Waals surface area (Å²) in [6.45, 7) is 5.61. The van der Waals surface area contributed by atoms with Gasteiger partial charge < -0.3 is 10.2 Å². The zero-order valence-corrected chi connectivity index (χ0v) is 15.1. The van der Waals surface area contributed by atoms with Crippen LogP contribution >= 0.6 is 0 Å². The predicted octanol–water partition coefficient (Wildman–Crippen LogP) is 0.535. The van der Waals surface area contributed by atoms with E-state index in [1.165, 1.54) is 4.57 Å². The minimum atomic E-state index is -0.421. The molecular weight excluding hydrogens is 334 g/mol. The molecule has 1 N–H and O–H groups in total. The molecule has 1 aromatic carbocycles. The van der Waals surface area contributed by atoms with Crippen molar-refractivity contribution in [3.63, 3.8) is 0 Å². The van der Waals surface area contributed by atoms with Gasteiger partial charge in [-0.05, 0) is 18.9 Å². The van der Waals surface area contributed by atoms with Crippen molar-refractivity contribution in [2.75, 3.05) is 13.1 Å². The molecule has 2 amide bonds. The Kier molecular flexibility index (Phi) is 5.20. The largest absolute Gasteiger partial charge is 0.355 e. The molecule has 0 bridgehead atoms. The average Bonchev–Trinajstić information content (AvgIpc) is 2.92. The maximum absolute atomic E-state index is 12.7. The van der Waals surface area contributed by atoms with Crippen molar-refractivity contribution in [1.29, 1.82) is 0 Å². The van der Waals surface area contributed by atoms with E-state index in [2.05, 4.69) is 10.4 Å². The molecule has 138 valence electrons. The Balaban J connectivity index is 1.76. The second kappa shape index (κ2) is 7.55. The van der Waals surface area contributed by atoms with Crippen LogP contribution in [0, 0.1) is 6.92 Å². The molecule has 1 aromatic heterocycles. The van der Waals surface area contributed by atoms with Crippen molar-refractivity contribution in [2.24, 2.45) is 0 Å². The number of fused-ring (bicyclic) bond motifs is 1. The summed E-state index contributed by atoms with van der Waals surface area (Å²) in [4.78, 5) is 38.6. The highest BCUT2D eigenvalue weighted by Gasteiger charge is 2.29. The van der Waals surface area contributed by atoms with E-state index in [0.717, 1.165) is 22.2 Å². The van der Waals surface area contributed by atoms with Crippen molar-refractivity contribution in [2.45, 2.75) is 39.9 Å². The SMILES string of the molecule is CCCNC(=O)Cn1nc2n(c1=O)CCN(Cc1cccc(C)c1)C2=O. The lowest BCUT2D eigenvalue weighted by atomic mass is 10.1. The normalized spacial score (nSPS) is 13.6. The second-order valence-electron chi connectivity index (χ2n) is 6.48. The van der Waals surface area contributed by atoms with Gasteiger partial charge >= 0.3 is 5.69 Å². The lowest BCUT2D eigenvalue weighted by Crippen LogP contribution is -2.42. The highest BCUT2D eigenvalue weighted by Crippen LogP contribution is 2.13. The number of aromatic nitrogens is 3. The number of rotatable bonds is 6. The van der Waals surface area contributed by atoms with Gasteiger partial charge in [-0.25, -0.2) is 9.48 Å². The van der Waals surface area contributed by atoms with E-state index in [1.807, 2.05) is 38.1 Å². The fourth-order valence-electron chi connectivity index (χ4n) is 3.01. The van der Waals surface area contributed by atoms with E-state index in [0.29, 0.717) is 26.2 Å². The first-order valence-electron chi connectivity index (χ1n) is 8.78. The maximum atomic E-state index is 12.7. The fourth-order valence-corrected chi connectivity index (χ4v) is 3.01. The van der Waals surface area contributed by atoms with Gasteiger partial charge in [0.2, 0.25) is 11.7 Å². The average molecular weight is 357 g/mol. The van der Waals surface area contributed by atoms with Gasteiger partial charge in [-0.2, -0.15) is 0 Å². The van der Waals surface area contributed by atoms with Crippen LogP contribution in [0.2, 0.25) is 0 Å². The Morgan fingerprint density at radius 3 is 2.81 bits per heavy atom. The smallest absolute Gasteiger partial charge is 0.346 e. The summed E-state index contributed by atoms with van der Waals surface area (Å²) in [7, 11) is 0. The summed E-state index contributed by atoms with van der Waals surface area (Å²) in [5.74, 6) is -0.478. The monoisotopic (exact) mass is 357 g/mol. The molecule has 0 radical (unpaired) electrons. The Bertz CT molecular complexity index is 883. The van der Waals surface area contributed by atoms with Crippen LogP contribution in [-0.4, -0.2) is 44.2 Å². The highest BCUT2D eigenvalue weighted by molar-refractivity contribution is 5.91. The number of amides is 2. The van der Waals surface area contributed by atoms with Gasteiger partial charge in [0.25, 0.3) is 5.91 Å². The summed E-state index contributed by atoms with van der Waals surface area (Å²) in [5, 5.41) is 6.81. The van der Waals surface area contributed by atoms with E-state index in [-0.39, 0.29) is 24.2 Å². The number of aryl methyl sites for hydroxylation is 1. The molecule has 2 heterocycles. The summed E-state index contributed by atoms with van der Waals surface area (Å²) < 4.78 is 2.41. The molecular formula is C18H23N5O3. The standard InChI is InChI=1S/C18H23N5O3/c1-3-7-19-15(24)12-23-18(26)22-9-8-21(17(25)16(22)20-23)11-14-6-4-5-13(2)10-14/h4-6,10H,3,7-9,11-12H2,1-2H3,(H,19,24). The molecule has 8 heteroatoms. The van der Waals surface area contributed by atoms with E-state index >= 15 is 0 Å². The Morgan fingerprint density at radius 2 is 2.08 bits per heavy atom. The first-order chi connectivity index (χ1) is 12.5. The van der Waals surface area contributed by atoms with Crippen LogP contribution in [0.1, 0.15) is 35.1 Å². The molecule has 0 aliphatic carbocycles. The third-order valence-corrected chi connectivity index (χ3v) is 4.32. The van der Waals surface area contributed by atoms with Crippen molar-refractivity contribution in [1.82, 2.24) is 24.6 Å². The Labute approximate surface area is 151 Å². The van der Waals surface area contributed by atoms with Crippen LogP contribution in [0.15, 0.2) is 29.1 Å². The Morgan fingerprint density at radius 1 is 1.27 bits per heavy atom. The number of hydrogen-bond acceptors (Lipinski definition) is 4. The van der Waals surface area contributed by atoms with Crippen molar-refractivity contribution in [3.8, 4) is 0 Å². The van der Waals surface area contributed by atoms with Crippen LogP contribution in [-0.2, 0) is 24.4 Å². The number of nitrogens with one attached hydrogen (secondary N) is 1. The molecule has 0 unspecified atom stereocenters. The molecule has 0 fully saturated rings. The number of carbonyl (C=O) groups is 2. The fraction of sp³-hybridized carbons (Fsp3) is 0.444. The Hall–Kier alpha value is -2.90. The molecule has 3 rings (SSSR count). The summed E-state index contributed by atoms with van der Waals surface area (Å²) in [5.41, 5.74) is 1.74. The molecule has 0 spiro atoms. The molecule has 0 atom stereocenters. The molecule has 26 heavy (non-hydrogen) atoms. The molecule has 2 aromatic rings. The van der Waals surface area contributed by atoms with E-state index in [4.69, 9.17) is 0 Å². The van der Waals surface area contributed by atoms with Gasteiger partial charge in [-0.1, -0.05) is 36.8 Å². The van der Waals surface area contributed by atoms with E-state index in [1.54, 1.807) is 4.90 Å². The van der Waals surface area contributed by atoms with E-state index in [9.17, 15) is 14.4 Å². The zero-order valence-electron chi connectivity index (χ0n) is 15.1. The van der Waals surface area contributed by atoms with Crippen LogP contribution in [0.3, 0.4) is 0 Å². The quantitative estimate of drug-likeness (QED) is 0.817. The highest BCUT2D eigenvalue weighted by atomic mass is 16.2. The minimum Gasteiger partial charge on any atom is -0.355 e. The lowest BCUT2D eigenvalue weighted by molar-refractivity contribution is -0.121. The molecule has 1 aliphatic rings. The minimum absolute atomic E-state index is 0.0946. The zero-order chi connectivity index (χ0) is 18.7. The van der Waals surface area contributed by atoms with Gasteiger partial charge in [0.05, 0.1) is 0 Å². The number of hydrogen-bond donors (Lipinski definition) is 1. The third-order valence-electron chi connectivity index (χ3n) is 4.32. The van der Waals surface area contributed by atoms with Crippen molar-refractivity contribution >= 4 is 11.8 Å². The van der Waals surface area contributed by atoms with Crippen molar-refractivity contribution in [3.05, 3.63) is 51.7 Å². The topological polar surface area (TPSA) is 89.2 Å². The summed E-state index contributed by atoms with van der Waals surface area (Å²) in [6.07, 6.45) is 0.812. The van der Waals surface area contributed by atoms with Crippen LogP contribution in [0.25, 0.3) is 0 Å². The predicted molar refractivity (Wildman–Crippen MR) is 95.7 cm³/mol. The summed E-state index contributed by atoms with van der Waals surface area (Å²) >= 11 is 0. The number of benzene rings is 1. The van der Waals surface area contributed by atoms with Crippen LogP contribution in [0.5, 0.6) is 0 Å². The van der Waals surface area contributed by atoms with Crippen LogP contribution < -0.4 is 11.0 Å². The van der Waals surface area contributed by atoms with Gasteiger partial charge in [0.1, 0.15) is 6.54 Å². The molecule has 0 saturated carbocycles. The molecule has 8 nitrogen and oxygen atoms in total. The van der Waals surface area contributed by atoms with Gasteiger partial charge in [0.15, 0.2) is 0 Å². The van der Waals surface area contributed by atoms with Crippen LogP contribution in [0.4, 0.5) is 0 Å². The van der Waals surface area contributed by atoms with Gasteiger partial charge in [-0.15, -0.1) is 5.10 Å². The first-order valence-corrected chi connectivity index (χ1v) is 8.78. The lowest BCUT2D eigenvalue weighted by Gasteiger charge is -2.26. The van der Waals surface area contributed by atoms with E-state index < -0.39 is 5.69 Å². The molecule has 1 aliphatic heterocycles. The number of nitrogens with zero attached hydrogens (tertiary/aromatic N) is 4. The first kappa shape index (κ1) is 17.9. The van der Waals surface area contributed by atoms with Crippen molar-refractivity contribution < 1.29 is 9.59 Å². The number of carbonyl (C=O) groups excluding carboxylic acids is 2. The van der Waals surface area contributed by atoms with Gasteiger partial charge in [0, 0.05) is 26.2 Å². The molecule has 0 saturated heterocycles.